The van der Waals surface area contributed by atoms with Gasteiger partial charge in [0.2, 0.25) is 0 Å². The van der Waals surface area contributed by atoms with Crippen LogP contribution >= 0.6 is 35.1 Å². The predicted molar refractivity (Wildman–Crippen MR) is 103 cm³/mol. The number of carbonyl (C=O) groups excluding carboxylic acids is 1. The maximum absolute atomic E-state index is 13.0. The van der Waals surface area contributed by atoms with E-state index in [1.54, 1.807) is 11.8 Å². The van der Waals surface area contributed by atoms with Crippen LogP contribution in [0.5, 0.6) is 0 Å². The van der Waals surface area contributed by atoms with E-state index in [0.717, 1.165) is 40.0 Å². The normalized spacial score (nSPS) is 15.6. The summed E-state index contributed by atoms with van der Waals surface area (Å²) in [6.45, 7) is 3.84. The van der Waals surface area contributed by atoms with Crippen LogP contribution in [0, 0.1) is 5.82 Å². The van der Waals surface area contributed by atoms with Crippen LogP contribution in [0.25, 0.3) is 0 Å². The Morgan fingerprint density at radius 2 is 1.84 bits per heavy atom. The number of piperazine rings is 1. The van der Waals surface area contributed by atoms with E-state index in [1.807, 2.05) is 29.5 Å². The summed E-state index contributed by atoms with van der Waals surface area (Å²) in [7, 11) is 0. The molecule has 1 aliphatic rings. The van der Waals surface area contributed by atoms with E-state index >= 15 is 0 Å². The number of hydrogen-bond donors (Lipinski definition) is 0. The summed E-state index contributed by atoms with van der Waals surface area (Å²) < 4.78 is 18.4. The largest absolute Gasteiger partial charge is 0.336 e. The van der Waals surface area contributed by atoms with Gasteiger partial charge in [0, 0.05) is 32.7 Å². The maximum atomic E-state index is 13.0. The first-order valence-corrected chi connectivity index (χ1v) is 11.2. The molecule has 1 aromatic carbocycles. The molecule has 0 N–H and O–H groups in total. The molecule has 4 nitrogen and oxygen atoms in total. The molecule has 25 heavy (non-hydrogen) atoms. The molecule has 1 aromatic heterocycles. The number of hydrogen-bond acceptors (Lipinski definition) is 6. The summed E-state index contributed by atoms with van der Waals surface area (Å²) in [5, 5.41) is 0.827. The topological polar surface area (TPSA) is 36.4 Å². The van der Waals surface area contributed by atoms with Gasteiger partial charge in [0.1, 0.15) is 10.8 Å². The molecule has 0 unspecified atom stereocenters. The highest BCUT2D eigenvalue weighted by molar-refractivity contribution is 8.01. The van der Waals surface area contributed by atoms with E-state index < -0.39 is 0 Å². The van der Waals surface area contributed by atoms with Crippen molar-refractivity contribution in [1.29, 1.82) is 0 Å². The van der Waals surface area contributed by atoms with E-state index in [9.17, 15) is 9.18 Å². The third-order valence-corrected chi connectivity index (χ3v) is 6.94. The lowest BCUT2D eigenvalue weighted by Crippen LogP contribution is -2.48. The summed E-state index contributed by atoms with van der Waals surface area (Å²) in [4.78, 5) is 17.1. The number of rotatable bonds is 5. The van der Waals surface area contributed by atoms with Gasteiger partial charge in [0.05, 0.1) is 9.77 Å². The summed E-state index contributed by atoms with van der Waals surface area (Å²) in [6.07, 6.45) is 3.94. The molecule has 0 aliphatic carbocycles. The van der Waals surface area contributed by atoms with Crippen LogP contribution in [-0.2, 0) is 6.54 Å². The fourth-order valence-electron chi connectivity index (χ4n) is 2.83. The van der Waals surface area contributed by atoms with Crippen molar-refractivity contribution in [1.82, 2.24) is 14.2 Å². The van der Waals surface area contributed by atoms with Crippen LogP contribution in [0.4, 0.5) is 4.39 Å². The van der Waals surface area contributed by atoms with Gasteiger partial charge in [-0.1, -0.05) is 12.1 Å². The first-order chi connectivity index (χ1) is 12.1. The molecule has 1 fully saturated rings. The molecule has 0 spiro atoms. The Bertz CT molecular complexity index is 706. The van der Waals surface area contributed by atoms with Gasteiger partial charge in [-0.05, 0) is 41.7 Å². The Balaban J connectivity index is 1.61. The van der Waals surface area contributed by atoms with Crippen molar-refractivity contribution in [3.63, 3.8) is 0 Å². The molecule has 3 rings (SSSR count). The molecule has 8 heteroatoms. The molecular weight excluding hydrogens is 377 g/mol. The zero-order chi connectivity index (χ0) is 17.8. The lowest BCUT2D eigenvalue weighted by atomic mass is 10.2. The second-order valence-corrected chi connectivity index (χ2v) is 8.40. The molecule has 0 radical (unpaired) electrons. The molecule has 2 heterocycles. The number of nitrogens with zero attached hydrogens (tertiary/aromatic N) is 3. The molecule has 2 aromatic rings. The van der Waals surface area contributed by atoms with Crippen LogP contribution in [0.3, 0.4) is 0 Å². The first kappa shape index (κ1) is 18.7. The van der Waals surface area contributed by atoms with Gasteiger partial charge in [-0.25, -0.2) is 4.39 Å². The van der Waals surface area contributed by atoms with Crippen molar-refractivity contribution in [3.05, 3.63) is 41.2 Å². The van der Waals surface area contributed by atoms with Crippen molar-refractivity contribution >= 4 is 41.0 Å². The summed E-state index contributed by atoms with van der Waals surface area (Å²) >= 11 is 4.51. The van der Waals surface area contributed by atoms with Gasteiger partial charge in [-0.2, -0.15) is 4.37 Å². The quantitative estimate of drug-likeness (QED) is 0.720. The van der Waals surface area contributed by atoms with E-state index in [-0.39, 0.29) is 11.7 Å². The SMILES string of the molecule is CSc1nsc(SC)c1C(=O)N1CCN(Cc2ccc(F)cc2)CC1. The fourth-order valence-corrected chi connectivity index (χ4v) is 5.10. The monoisotopic (exact) mass is 397 g/mol. The number of aromatic nitrogens is 1. The van der Waals surface area contributed by atoms with Gasteiger partial charge in [0.15, 0.2) is 0 Å². The summed E-state index contributed by atoms with van der Waals surface area (Å²) in [5.41, 5.74) is 1.86. The number of thioether (sulfide) groups is 2. The van der Waals surface area contributed by atoms with Crippen LogP contribution in [0.1, 0.15) is 15.9 Å². The molecule has 1 saturated heterocycles. The Labute approximate surface area is 159 Å². The molecule has 0 saturated carbocycles. The van der Waals surface area contributed by atoms with Crippen molar-refractivity contribution in [2.45, 2.75) is 15.8 Å². The average molecular weight is 398 g/mol. The lowest BCUT2D eigenvalue weighted by Gasteiger charge is -2.34. The van der Waals surface area contributed by atoms with E-state index in [1.165, 1.54) is 35.4 Å². The minimum atomic E-state index is -0.210. The average Bonchev–Trinajstić information content (AvgIpc) is 3.07. The van der Waals surface area contributed by atoms with Crippen molar-refractivity contribution in [3.8, 4) is 0 Å². The van der Waals surface area contributed by atoms with Gasteiger partial charge in [0.25, 0.3) is 5.91 Å². The van der Waals surface area contributed by atoms with Crippen molar-refractivity contribution < 1.29 is 9.18 Å². The van der Waals surface area contributed by atoms with Gasteiger partial charge in [-0.15, -0.1) is 23.5 Å². The molecule has 0 bridgehead atoms. The molecule has 1 amide bonds. The van der Waals surface area contributed by atoms with Crippen LogP contribution < -0.4 is 0 Å². The highest BCUT2D eigenvalue weighted by atomic mass is 32.2. The third kappa shape index (κ3) is 4.36. The second-order valence-electron chi connectivity index (χ2n) is 5.75. The van der Waals surface area contributed by atoms with E-state index in [0.29, 0.717) is 13.1 Å². The zero-order valence-electron chi connectivity index (χ0n) is 14.2. The van der Waals surface area contributed by atoms with Crippen LogP contribution in [0.2, 0.25) is 0 Å². The van der Waals surface area contributed by atoms with E-state index in [2.05, 4.69) is 9.27 Å². The zero-order valence-corrected chi connectivity index (χ0v) is 16.6. The fraction of sp³-hybridized carbons (Fsp3) is 0.412. The Kier molecular flexibility index (Phi) is 6.38. The minimum absolute atomic E-state index is 0.0869. The maximum Gasteiger partial charge on any atom is 0.258 e. The molecule has 0 atom stereocenters. The Hall–Kier alpha value is -1.09. The van der Waals surface area contributed by atoms with Crippen LogP contribution in [0.15, 0.2) is 33.5 Å². The second kappa shape index (κ2) is 8.53. The summed E-state index contributed by atoms with van der Waals surface area (Å²) in [6, 6.07) is 6.62. The first-order valence-electron chi connectivity index (χ1n) is 7.96. The van der Waals surface area contributed by atoms with Gasteiger partial charge < -0.3 is 4.90 Å². The lowest BCUT2D eigenvalue weighted by molar-refractivity contribution is 0.0622. The Morgan fingerprint density at radius 3 is 2.44 bits per heavy atom. The number of carbonyl (C=O) groups is 1. The molecule has 134 valence electrons. The number of amides is 1. The highest BCUT2D eigenvalue weighted by Crippen LogP contribution is 2.33. The van der Waals surface area contributed by atoms with Crippen molar-refractivity contribution in [2.24, 2.45) is 0 Å². The predicted octanol–water partition coefficient (Wildman–Crippen LogP) is 3.68. The van der Waals surface area contributed by atoms with E-state index in [4.69, 9.17) is 0 Å². The highest BCUT2D eigenvalue weighted by Gasteiger charge is 2.27. The number of benzene rings is 1. The Morgan fingerprint density at radius 1 is 1.16 bits per heavy atom. The van der Waals surface area contributed by atoms with Crippen molar-refractivity contribution in [2.75, 3.05) is 38.7 Å². The summed E-state index contributed by atoms with van der Waals surface area (Å²) in [5.74, 6) is -0.124. The molecular formula is C17H20FN3OS3. The van der Waals surface area contributed by atoms with Gasteiger partial charge >= 0.3 is 0 Å². The number of halogens is 1. The van der Waals surface area contributed by atoms with Crippen LogP contribution in [-0.4, -0.2) is 58.8 Å². The minimum Gasteiger partial charge on any atom is -0.336 e. The molecule has 1 aliphatic heterocycles. The third-order valence-electron chi connectivity index (χ3n) is 4.20. The standard InChI is InChI=1S/C17H20FN3OS3/c1-23-15-14(17(24-2)25-19-15)16(22)21-9-7-20(8-10-21)11-12-3-5-13(18)6-4-12/h3-6H,7-11H2,1-2H3. The smallest absolute Gasteiger partial charge is 0.258 e. The van der Waals surface area contributed by atoms with Gasteiger partial charge in [-0.3, -0.25) is 9.69 Å².